The lowest BCUT2D eigenvalue weighted by Gasteiger charge is -2.32. The molecule has 18 heteroatoms. The molecule has 0 fully saturated rings. The Kier molecular flexibility index (Phi) is 19.4. The van der Waals surface area contributed by atoms with E-state index in [2.05, 4.69) is 31.9 Å². The van der Waals surface area contributed by atoms with Crippen molar-refractivity contribution in [3.05, 3.63) is 153 Å². The molecule has 0 atom stereocenters. The summed E-state index contributed by atoms with van der Waals surface area (Å²) in [5.41, 5.74) is 2.01. The Morgan fingerprint density at radius 1 is 0.456 bits per heavy atom. The van der Waals surface area contributed by atoms with Crippen molar-refractivity contribution in [2.45, 2.75) is 53.4 Å². The number of rotatable bonds is 20. The topological polar surface area (TPSA) is 183 Å². The van der Waals surface area contributed by atoms with Gasteiger partial charge in [-0.2, -0.15) is 0 Å². The Morgan fingerprint density at radius 3 is 1.03 bits per heavy atom. The predicted molar refractivity (Wildman–Crippen MR) is 257 cm³/mol. The molecule has 0 saturated carbocycles. The summed E-state index contributed by atoms with van der Waals surface area (Å²) < 4.78 is 45.1. The Bertz CT molecular complexity index is 2320. The molecule has 68 heavy (non-hydrogen) atoms. The summed E-state index contributed by atoms with van der Waals surface area (Å²) in [5, 5.41) is 0. The highest BCUT2D eigenvalue weighted by atomic mass is 79.9. The van der Waals surface area contributed by atoms with Crippen LogP contribution in [0, 0.1) is 0 Å². The van der Waals surface area contributed by atoms with E-state index in [1.165, 1.54) is 0 Å². The third-order valence-corrected chi connectivity index (χ3v) is 10.8. The Morgan fingerprint density at radius 2 is 0.750 bits per heavy atom. The van der Waals surface area contributed by atoms with Crippen LogP contribution in [0.2, 0.25) is 0 Å². The van der Waals surface area contributed by atoms with E-state index in [9.17, 15) is 28.8 Å². The minimum Gasteiger partial charge on any atom is -0.464 e. The number of carbonyl (C=O) groups is 6. The number of carbonyl (C=O) groups excluding carboxylic acids is 6. The van der Waals surface area contributed by atoms with E-state index in [1.54, 1.807) is 137 Å². The van der Waals surface area contributed by atoms with E-state index in [1.807, 2.05) is 0 Å². The Labute approximate surface area is 410 Å². The minimum atomic E-state index is -1.06. The first-order chi connectivity index (χ1) is 32.8. The number of anilines is 2. The Hall–Kier alpha value is -6.92. The van der Waals surface area contributed by atoms with Crippen LogP contribution in [-0.2, 0) is 57.2 Å². The zero-order valence-electron chi connectivity index (χ0n) is 38.2. The van der Waals surface area contributed by atoms with Crippen molar-refractivity contribution in [1.29, 1.82) is 0 Å². The summed E-state index contributed by atoms with van der Waals surface area (Å²) in [4.78, 5) is 82.9. The van der Waals surface area contributed by atoms with Crippen LogP contribution in [0.4, 0.5) is 11.4 Å². The molecular weight excluding hydrogens is 1010 g/mol. The first-order valence-corrected chi connectivity index (χ1v) is 23.2. The minimum absolute atomic E-state index is 0.0296. The van der Waals surface area contributed by atoms with Gasteiger partial charge in [0.05, 0.1) is 98.4 Å². The van der Waals surface area contributed by atoms with Crippen LogP contribution < -0.4 is 19.3 Å². The second-order valence-electron chi connectivity index (χ2n) is 14.1. The summed E-state index contributed by atoms with van der Waals surface area (Å²) in [7, 11) is 0. The number of esters is 6. The lowest BCUT2D eigenvalue weighted by Crippen LogP contribution is -2.30. The summed E-state index contributed by atoms with van der Waals surface area (Å²) in [6.07, 6.45) is 10.7. The van der Waals surface area contributed by atoms with E-state index in [4.69, 9.17) is 37.9 Å². The largest absolute Gasteiger partial charge is 0.464 e. The summed E-state index contributed by atoms with van der Waals surface area (Å²) in [6.45, 7) is 10.4. The first kappa shape index (κ1) is 52.1. The zero-order valence-corrected chi connectivity index (χ0v) is 41.3. The molecule has 2 heterocycles. The van der Waals surface area contributed by atoms with Crippen LogP contribution >= 0.6 is 31.9 Å². The molecule has 0 aromatic heterocycles. The summed E-state index contributed by atoms with van der Waals surface area (Å²) in [6, 6.07) is 16.9. The maximum atomic E-state index is 13.9. The third-order valence-electron chi connectivity index (χ3n) is 9.78. The quantitative estimate of drug-likeness (QED) is 0.0452. The molecule has 0 N–H and O–H groups in total. The zero-order chi connectivity index (χ0) is 49.3. The van der Waals surface area contributed by atoms with Gasteiger partial charge >= 0.3 is 35.8 Å². The van der Waals surface area contributed by atoms with E-state index in [0.717, 1.165) is 24.7 Å². The smallest absolute Gasteiger partial charge is 0.336 e. The van der Waals surface area contributed by atoms with Gasteiger partial charge in [0.25, 0.3) is 0 Å². The predicted octanol–water partition coefficient (Wildman–Crippen LogP) is 9.12. The fraction of sp³-hybridized carbons (Fsp3) is 0.280. The molecule has 0 aliphatic carbocycles. The lowest BCUT2D eigenvalue weighted by atomic mass is 9.82. The molecule has 5 rings (SSSR count). The molecule has 0 unspecified atom stereocenters. The molecule has 2 aliphatic heterocycles. The maximum absolute atomic E-state index is 13.9. The molecule has 3 aromatic rings. The van der Waals surface area contributed by atoms with E-state index < -0.39 is 47.7 Å². The highest BCUT2D eigenvalue weighted by Crippen LogP contribution is 2.45. The molecule has 16 nitrogen and oxygen atoms in total. The lowest BCUT2D eigenvalue weighted by molar-refractivity contribution is -0.141. The van der Waals surface area contributed by atoms with Crippen molar-refractivity contribution in [3.8, 4) is 11.5 Å². The average Bonchev–Trinajstić information content (AvgIpc) is 3.32. The van der Waals surface area contributed by atoms with Crippen molar-refractivity contribution in [2.75, 3.05) is 49.4 Å². The van der Waals surface area contributed by atoms with Gasteiger partial charge in [-0.25, -0.2) is 28.8 Å². The molecule has 0 saturated heterocycles. The average molecular weight is 1060 g/mol. The number of benzene rings is 3. The van der Waals surface area contributed by atoms with Gasteiger partial charge < -0.3 is 47.7 Å². The fourth-order valence-corrected chi connectivity index (χ4v) is 7.78. The van der Waals surface area contributed by atoms with Crippen molar-refractivity contribution >= 4 is 79.1 Å². The van der Waals surface area contributed by atoms with E-state index in [-0.39, 0.29) is 73.4 Å². The number of nitrogens with zero attached hydrogens (tertiary/aromatic N) is 2. The highest BCUT2D eigenvalue weighted by Gasteiger charge is 2.39. The standard InChI is InChI=1S/C50H50Br2N2O14/c1-7-61-43(55)21-23-67-41-19-13-31(51)25-35(41)45-37(47(57)63-9-3)27-53(28-38(45)48(58)64-10-4)33-15-17-34(18-16-33)54-29-39(49(59)65-11-5)46(40(30-54)50(60)66-12-6)36-26-32(52)14-20-42(36)68-24-22-44(56)62-8-2/h13-30,45-46H,7-12H2,1-6H3/b23-21+,24-22+. The van der Waals surface area contributed by atoms with Crippen molar-refractivity contribution in [2.24, 2.45) is 0 Å². The molecule has 0 bridgehead atoms. The van der Waals surface area contributed by atoms with Crippen LogP contribution in [-0.4, -0.2) is 75.5 Å². The molecule has 0 spiro atoms. The molecule has 2 aliphatic rings. The highest BCUT2D eigenvalue weighted by molar-refractivity contribution is 9.10. The second kappa shape index (κ2) is 25.3. The normalized spacial score (nSPS) is 14.1. The van der Waals surface area contributed by atoms with E-state index >= 15 is 0 Å². The van der Waals surface area contributed by atoms with Crippen molar-refractivity contribution in [1.82, 2.24) is 0 Å². The SMILES string of the molecule is CCOC(=O)/C=C/Oc1ccc(Br)cc1C1C(C(=O)OCC)=CN(c2ccc(N3C=C(C(=O)OCC)C(c4cc(Br)ccc4O/C=C/C(=O)OCC)C(C(=O)OCC)=C3)cc2)C=C1C(=O)OCC. The van der Waals surface area contributed by atoms with Gasteiger partial charge in [-0.15, -0.1) is 0 Å². The Balaban J connectivity index is 1.61. The van der Waals surface area contributed by atoms with Crippen LogP contribution in [0.15, 0.2) is 141 Å². The van der Waals surface area contributed by atoms with Crippen LogP contribution in [0.3, 0.4) is 0 Å². The molecule has 358 valence electrons. The number of ether oxygens (including phenoxy) is 8. The van der Waals surface area contributed by atoms with Crippen molar-refractivity contribution < 1.29 is 66.7 Å². The third kappa shape index (κ3) is 13.2. The maximum Gasteiger partial charge on any atom is 0.336 e. The molecular formula is C50H50Br2N2O14. The van der Waals surface area contributed by atoms with Crippen molar-refractivity contribution in [3.63, 3.8) is 0 Å². The van der Waals surface area contributed by atoms with Crippen LogP contribution in [0.25, 0.3) is 0 Å². The molecule has 3 aromatic carbocycles. The second-order valence-corrected chi connectivity index (χ2v) is 16.0. The van der Waals surface area contributed by atoms with E-state index in [0.29, 0.717) is 31.4 Å². The number of hydrogen-bond donors (Lipinski definition) is 0. The number of halogens is 2. The fourth-order valence-electron chi connectivity index (χ4n) is 7.02. The van der Waals surface area contributed by atoms with Crippen LogP contribution in [0.5, 0.6) is 11.5 Å². The van der Waals surface area contributed by atoms with Crippen LogP contribution in [0.1, 0.15) is 64.5 Å². The summed E-state index contributed by atoms with van der Waals surface area (Å²) in [5.74, 6) is -5.77. The van der Waals surface area contributed by atoms with Gasteiger partial charge in [0.15, 0.2) is 0 Å². The molecule has 0 radical (unpaired) electrons. The van der Waals surface area contributed by atoms with Gasteiger partial charge in [0, 0.05) is 56.2 Å². The van der Waals surface area contributed by atoms with Gasteiger partial charge in [0.2, 0.25) is 0 Å². The first-order valence-electron chi connectivity index (χ1n) is 21.6. The van der Waals surface area contributed by atoms with Gasteiger partial charge in [-0.1, -0.05) is 31.9 Å². The summed E-state index contributed by atoms with van der Waals surface area (Å²) >= 11 is 7.00. The van der Waals surface area contributed by atoms with Gasteiger partial charge in [0.1, 0.15) is 11.5 Å². The van der Waals surface area contributed by atoms with Gasteiger partial charge in [-0.3, -0.25) is 0 Å². The molecule has 0 amide bonds. The number of hydrogen-bond acceptors (Lipinski definition) is 16. The van der Waals surface area contributed by atoms with Gasteiger partial charge in [-0.05, 0) is 102 Å². The monoisotopic (exact) mass is 1060 g/mol.